The van der Waals surface area contributed by atoms with Crippen molar-refractivity contribution < 1.29 is 9.90 Å². The van der Waals surface area contributed by atoms with E-state index in [9.17, 15) is 4.79 Å². The number of rotatable bonds is 7. The van der Waals surface area contributed by atoms with Gasteiger partial charge in [0.1, 0.15) is 0 Å². The average Bonchev–Trinajstić information content (AvgIpc) is 2.38. The van der Waals surface area contributed by atoms with Crippen molar-refractivity contribution in [3.8, 4) is 0 Å². The quantitative estimate of drug-likeness (QED) is 0.718. The van der Waals surface area contributed by atoms with Gasteiger partial charge in [-0.2, -0.15) is 0 Å². The molecule has 1 aromatic rings. The Morgan fingerprint density at radius 3 is 2.55 bits per heavy atom. The first-order valence-electron chi connectivity index (χ1n) is 7.21. The predicted molar refractivity (Wildman–Crippen MR) is 83.1 cm³/mol. The Morgan fingerprint density at radius 2 is 2.00 bits per heavy atom. The van der Waals surface area contributed by atoms with Gasteiger partial charge in [-0.15, -0.1) is 0 Å². The molecule has 0 aliphatic rings. The number of aliphatic hydroxyl groups excluding tert-OH is 1. The molecule has 4 nitrogen and oxygen atoms in total. The second-order valence-electron chi connectivity index (χ2n) is 5.69. The maximum atomic E-state index is 12.5. The van der Waals surface area contributed by atoms with Crippen LogP contribution < -0.4 is 10.6 Å². The van der Waals surface area contributed by atoms with Crippen LogP contribution in [0.1, 0.15) is 50.9 Å². The first kappa shape index (κ1) is 16.5. The van der Waals surface area contributed by atoms with Crippen LogP contribution in [0, 0.1) is 0 Å². The van der Waals surface area contributed by atoms with Crippen LogP contribution in [0.5, 0.6) is 0 Å². The molecule has 1 unspecified atom stereocenters. The molecule has 1 amide bonds. The van der Waals surface area contributed by atoms with Crippen molar-refractivity contribution in [1.29, 1.82) is 0 Å². The van der Waals surface area contributed by atoms with E-state index in [0.29, 0.717) is 12.0 Å². The highest BCUT2D eigenvalue weighted by molar-refractivity contribution is 6.00. The van der Waals surface area contributed by atoms with Crippen molar-refractivity contribution in [1.82, 2.24) is 5.32 Å². The Kier molecular flexibility index (Phi) is 6.02. The van der Waals surface area contributed by atoms with Crippen LogP contribution in [0.25, 0.3) is 0 Å². The van der Waals surface area contributed by atoms with Gasteiger partial charge in [0.2, 0.25) is 0 Å². The summed E-state index contributed by atoms with van der Waals surface area (Å²) in [5.41, 5.74) is 1.10. The molecule has 0 saturated carbocycles. The summed E-state index contributed by atoms with van der Waals surface area (Å²) in [6.45, 7) is 8.11. The van der Waals surface area contributed by atoms with Crippen molar-refractivity contribution in [2.24, 2.45) is 0 Å². The molecule has 1 aromatic carbocycles. The van der Waals surface area contributed by atoms with Gasteiger partial charge in [-0.3, -0.25) is 4.79 Å². The molecule has 0 fully saturated rings. The number of nitrogens with one attached hydrogen (secondary N) is 2. The molecule has 0 aromatic heterocycles. The summed E-state index contributed by atoms with van der Waals surface area (Å²) in [5, 5.41) is 15.4. The number of anilines is 1. The minimum atomic E-state index is -0.378. The van der Waals surface area contributed by atoms with Crippen LogP contribution in [-0.2, 0) is 0 Å². The minimum absolute atomic E-state index is 0.0660. The Morgan fingerprint density at radius 1 is 1.35 bits per heavy atom. The summed E-state index contributed by atoms with van der Waals surface area (Å²) < 4.78 is 0. The summed E-state index contributed by atoms with van der Waals surface area (Å²) in [7, 11) is 0. The zero-order valence-corrected chi connectivity index (χ0v) is 12.9. The first-order valence-corrected chi connectivity index (χ1v) is 7.21. The van der Waals surface area contributed by atoms with Crippen molar-refractivity contribution in [3.63, 3.8) is 0 Å². The van der Waals surface area contributed by atoms with Gasteiger partial charge in [0, 0.05) is 23.9 Å². The lowest BCUT2D eigenvalue weighted by atomic mass is 9.94. The first-order chi connectivity index (χ1) is 9.41. The maximum absolute atomic E-state index is 12.5. The number of benzene rings is 1. The van der Waals surface area contributed by atoms with E-state index in [1.165, 1.54) is 0 Å². The Balaban J connectivity index is 2.92. The fraction of sp³-hybridized carbons (Fsp3) is 0.562. The van der Waals surface area contributed by atoms with E-state index in [2.05, 4.69) is 10.6 Å². The van der Waals surface area contributed by atoms with Gasteiger partial charge < -0.3 is 15.7 Å². The zero-order valence-electron chi connectivity index (χ0n) is 12.9. The number of hydrogen-bond donors (Lipinski definition) is 3. The molecular formula is C16H26N2O2. The smallest absolute Gasteiger partial charge is 0.253 e. The van der Waals surface area contributed by atoms with Gasteiger partial charge >= 0.3 is 0 Å². The number of amides is 1. The zero-order chi connectivity index (χ0) is 15.2. The van der Waals surface area contributed by atoms with Crippen molar-refractivity contribution in [2.75, 3.05) is 11.9 Å². The molecule has 3 N–H and O–H groups in total. The average molecular weight is 278 g/mol. The third-order valence-electron chi connectivity index (χ3n) is 3.48. The third-order valence-corrected chi connectivity index (χ3v) is 3.48. The number of para-hydroxylation sites is 1. The molecule has 112 valence electrons. The molecule has 0 aliphatic carbocycles. The summed E-state index contributed by atoms with van der Waals surface area (Å²) in [6.07, 6.45) is 1.33. The highest BCUT2D eigenvalue weighted by Gasteiger charge is 2.25. The number of carbonyl (C=O) groups excluding carboxylic acids is 1. The maximum Gasteiger partial charge on any atom is 0.253 e. The standard InChI is InChI=1S/C16H26N2O2/c1-5-16(4,10-11-19)18-15(20)13-8-6-7-9-14(13)17-12(2)3/h6-9,12,17,19H,5,10-11H2,1-4H3,(H,18,20). The molecule has 4 heteroatoms. The Labute approximate surface area is 121 Å². The predicted octanol–water partition coefficient (Wildman–Crippen LogP) is 2.79. The van der Waals surface area contributed by atoms with Gasteiger partial charge in [-0.25, -0.2) is 0 Å². The monoisotopic (exact) mass is 278 g/mol. The van der Waals surface area contributed by atoms with E-state index in [0.717, 1.165) is 12.1 Å². The molecule has 20 heavy (non-hydrogen) atoms. The van der Waals surface area contributed by atoms with Crippen LogP contribution in [-0.4, -0.2) is 29.2 Å². The van der Waals surface area contributed by atoms with Gasteiger partial charge in [-0.1, -0.05) is 19.1 Å². The molecule has 0 aliphatic heterocycles. The Bertz CT molecular complexity index is 446. The van der Waals surface area contributed by atoms with Gasteiger partial charge in [-0.05, 0) is 45.7 Å². The second-order valence-corrected chi connectivity index (χ2v) is 5.69. The molecule has 0 bridgehead atoms. The number of carbonyl (C=O) groups is 1. The highest BCUT2D eigenvalue weighted by Crippen LogP contribution is 2.19. The molecule has 0 heterocycles. The summed E-state index contributed by atoms with van der Waals surface area (Å²) in [5.74, 6) is -0.105. The van der Waals surface area contributed by atoms with E-state index >= 15 is 0 Å². The van der Waals surface area contributed by atoms with Crippen molar-refractivity contribution in [3.05, 3.63) is 29.8 Å². The summed E-state index contributed by atoms with van der Waals surface area (Å²) in [6, 6.07) is 7.75. The number of hydrogen-bond acceptors (Lipinski definition) is 3. The minimum Gasteiger partial charge on any atom is -0.396 e. The van der Waals surface area contributed by atoms with E-state index in [4.69, 9.17) is 5.11 Å². The topological polar surface area (TPSA) is 61.4 Å². The lowest BCUT2D eigenvalue weighted by molar-refractivity contribution is 0.0887. The summed E-state index contributed by atoms with van der Waals surface area (Å²) >= 11 is 0. The van der Waals surface area contributed by atoms with Gasteiger partial charge in [0.15, 0.2) is 0 Å². The molecule has 1 atom stereocenters. The van der Waals surface area contributed by atoms with Gasteiger partial charge in [0.25, 0.3) is 5.91 Å². The van der Waals surface area contributed by atoms with Crippen LogP contribution in [0.3, 0.4) is 0 Å². The third kappa shape index (κ3) is 4.53. The normalized spacial score (nSPS) is 13.9. The lowest BCUT2D eigenvalue weighted by Gasteiger charge is -2.29. The van der Waals surface area contributed by atoms with Crippen molar-refractivity contribution >= 4 is 11.6 Å². The fourth-order valence-electron chi connectivity index (χ4n) is 2.03. The Hall–Kier alpha value is -1.55. The fourth-order valence-corrected chi connectivity index (χ4v) is 2.03. The van der Waals surface area contributed by atoms with E-state index in [1.807, 2.05) is 52.0 Å². The molecule has 0 radical (unpaired) electrons. The summed E-state index contributed by atoms with van der Waals surface area (Å²) in [4.78, 5) is 12.5. The largest absolute Gasteiger partial charge is 0.396 e. The lowest BCUT2D eigenvalue weighted by Crippen LogP contribution is -2.46. The van der Waals surface area contributed by atoms with Gasteiger partial charge in [0.05, 0.1) is 5.56 Å². The highest BCUT2D eigenvalue weighted by atomic mass is 16.3. The second kappa shape index (κ2) is 7.29. The molecular weight excluding hydrogens is 252 g/mol. The van der Waals surface area contributed by atoms with E-state index in [-0.39, 0.29) is 24.1 Å². The van der Waals surface area contributed by atoms with E-state index in [1.54, 1.807) is 0 Å². The van der Waals surface area contributed by atoms with Crippen LogP contribution in [0.2, 0.25) is 0 Å². The molecule has 1 rings (SSSR count). The molecule has 0 spiro atoms. The van der Waals surface area contributed by atoms with E-state index < -0.39 is 0 Å². The SMILES string of the molecule is CCC(C)(CCO)NC(=O)c1ccccc1NC(C)C. The van der Waals surface area contributed by atoms with Crippen LogP contribution in [0.15, 0.2) is 24.3 Å². The number of aliphatic hydroxyl groups is 1. The van der Waals surface area contributed by atoms with Crippen LogP contribution >= 0.6 is 0 Å². The van der Waals surface area contributed by atoms with Crippen LogP contribution in [0.4, 0.5) is 5.69 Å². The van der Waals surface area contributed by atoms with Crippen molar-refractivity contribution in [2.45, 2.75) is 52.1 Å². The molecule has 0 saturated heterocycles.